The van der Waals surface area contributed by atoms with Gasteiger partial charge in [0.2, 0.25) is 0 Å². The molecule has 2 heterocycles. The quantitative estimate of drug-likeness (QED) is 0.680. The number of rotatable bonds is 4. The second-order valence-electron chi connectivity index (χ2n) is 9.42. The van der Waals surface area contributed by atoms with Gasteiger partial charge in [0.15, 0.2) is 0 Å². The first-order valence-electron chi connectivity index (χ1n) is 11.6. The smallest absolute Gasteiger partial charge is 0.337 e. The Labute approximate surface area is 199 Å². The molecule has 0 radical (unpaired) electrons. The van der Waals surface area contributed by atoms with Gasteiger partial charge in [-0.1, -0.05) is 17.7 Å². The van der Waals surface area contributed by atoms with Crippen LogP contribution in [0, 0.1) is 5.92 Å². The highest BCUT2D eigenvalue weighted by molar-refractivity contribution is 6.30. The molecule has 2 aromatic rings. The SMILES string of the molecule is COC(=O)c1ccc2c(c1)N(C[C@@H]1CCO[C@H]1CO)C[C@@]1(CCCc3cc(Cl)ccc31)CO2. The third-order valence-corrected chi connectivity index (χ3v) is 7.67. The van der Waals surface area contributed by atoms with E-state index in [0.717, 1.165) is 55.2 Å². The Balaban J connectivity index is 1.56. The Morgan fingerprint density at radius 3 is 3.00 bits per heavy atom. The lowest BCUT2D eigenvalue weighted by Crippen LogP contribution is -2.47. The average Bonchev–Trinajstić information content (AvgIpc) is 3.22. The van der Waals surface area contributed by atoms with Crippen LogP contribution in [0.4, 0.5) is 5.69 Å². The summed E-state index contributed by atoms with van der Waals surface area (Å²) in [4.78, 5) is 14.6. The Kier molecular flexibility index (Phi) is 6.25. The first kappa shape index (κ1) is 22.5. The van der Waals surface area contributed by atoms with Crippen molar-refractivity contribution >= 4 is 23.3 Å². The molecule has 2 aliphatic heterocycles. The van der Waals surface area contributed by atoms with Crippen LogP contribution < -0.4 is 9.64 Å². The van der Waals surface area contributed by atoms with Crippen molar-refractivity contribution in [1.29, 1.82) is 0 Å². The van der Waals surface area contributed by atoms with Crippen molar-refractivity contribution in [3.05, 3.63) is 58.1 Å². The van der Waals surface area contributed by atoms with Gasteiger partial charge in [-0.15, -0.1) is 0 Å². The predicted octanol–water partition coefficient (Wildman–Crippen LogP) is 4.00. The van der Waals surface area contributed by atoms with Crippen molar-refractivity contribution in [3.8, 4) is 5.75 Å². The van der Waals surface area contributed by atoms with E-state index in [0.29, 0.717) is 18.8 Å². The minimum Gasteiger partial charge on any atom is -0.490 e. The van der Waals surface area contributed by atoms with Gasteiger partial charge < -0.3 is 24.2 Å². The van der Waals surface area contributed by atoms with Crippen LogP contribution in [0.3, 0.4) is 0 Å². The number of benzene rings is 2. The number of hydrogen-bond acceptors (Lipinski definition) is 6. The summed E-state index contributed by atoms with van der Waals surface area (Å²) >= 11 is 6.32. The normalized spacial score (nSPS) is 26.3. The lowest BCUT2D eigenvalue weighted by atomic mass is 9.70. The van der Waals surface area contributed by atoms with E-state index in [1.165, 1.54) is 18.2 Å². The first-order chi connectivity index (χ1) is 16.0. The van der Waals surface area contributed by atoms with Gasteiger partial charge in [-0.25, -0.2) is 4.79 Å². The van der Waals surface area contributed by atoms with Gasteiger partial charge in [-0.2, -0.15) is 0 Å². The maximum Gasteiger partial charge on any atom is 0.337 e. The summed E-state index contributed by atoms with van der Waals surface area (Å²) in [6, 6.07) is 11.7. The summed E-state index contributed by atoms with van der Waals surface area (Å²) < 4.78 is 17.2. The number of carbonyl (C=O) groups excluding carboxylic acids is 1. The van der Waals surface area contributed by atoms with Crippen molar-refractivity contribution in [1.82, 2.24) is 0 Å². The molecule has 1 aliphatic carbocycles. The maximum absolute atomic E-state index is 12.3. The number of methoxy groups -OCH3 is 1. The summed E-state index contributed by atoms with van der Waals surface area (Å²) in [5.41, 5.74) is 3.79. The molecule has 3 aliphatic rings. The number of halogens is 1. The number of aryl methyl sites for hydroxylation is 1. The van der Waals surface area contributed by atoms with Gasteiger partial charge in [0.25, 0.3) is 0 Å². The fraction of sp³-hybridized carbons (Fsp3) is 0.500. The molecule has 176 valence electrons. The lowest BCUT2D eigenvalue weighted by molar-refractivity contribution is 0.0408. The summed E-state index contributed by atoms with van der Waals surface area (Å²) in [7, 11) is 1.39. The molecule has 0 aromatic heterocycles. The fourth-order valence-electron chi connectivity index (χ4n) is 5.75. The number of ether oxygens (including phenoxy) is 3. The van der Waals surface area contributed by atoms with E-state index < -0.39 is 0 Å². The van der Waals surface area contributed by atoms with E-state index in [-0.39, 0.29) is 30.0 Å². The lowest BCUT2D eigenvalue weighted by Gasteiger charge is -2.41. The zero-order chi connectivity index (χ0) is 23.0. The minimum absolute atomic E-state index is 0.0105. The monoisotopic (exact) mass is 471 g/mol. The summed E-state index contributed by atoms with van der Waals surface area (Å²) in [5, 5.41) is 10.6. The van der Waals surface area contributed by atoms with Crippen LogP contribution >= 0.6 is 11.6 Å². The van der Waals surface area contributed by atoms with Gasteiger partial charge in [-0.3, -0.25) is 0 Å². The summed E-state index contributed by atoms with van der Waals surface area (Å²) in [6.45, 7) is 2.70. The van der Waals surface area contributed by atoms with E-state index in [4.69, 9.17) is 25.8 Å². The first-order valence-corrected chi connectivity index (χ1v) is 12.0. The number of nitrogens with zero attached hydrogens (tertiary/aromatic N) is 1. The molecule has 6 nitrogen and oxygen atoms in total. The van der Waals surface area contributed by atoms with Gasteiger partial charge in [0.1, 0.15) is 5.75 Å². The Bertz CT molecular complexity index is 1040. The van der Waals surface area contributed by atoms with E-state index in [1.54, 1.807) is 6.07 Å². The van der Waals surface area contributed by atoms with E-state index in [2.05, 4.69) is 17.0 Å². The van der Waals surface area contributed by atoms with Crippen molar-refractivity contribution in [3.63, 3.8) is 0 Å². The molecule has 1 saturated heterocycles. The standard InChI is InChI=1S/C26H30ClNO5/c1-31-25(30)18-4-7-23-22(12-18)28(13-19-8-10-32-24(19)14-29)15-26(16-33-23)9-2-3-17-11-20(27)5-6-21(17)26/h4-7,11-12,19,24,29H,2-3,8-10,13-16H2,1H3/t19-,24-,26-/m0/s1. The number of carbonyl (C=O) groups is 1. The topological polar surface area (TPSA) is 68.2 Å². The number of esters is 1. The number of aliphatic hydroxyl groups is 1. The third kappa shape index (κ3) is 4.20. The molecule has 1 fully saturated rings. The molecule has 3 atom stereocenters. The fourth-order valence-corrected chi connectivity index (χ4v) is 5.94. The highest BCUT2D eigenvalue weighted by Crippen LogP contribution is 2.45. The van der Waals surface area contributed by atoms with Crippen LogP contribution in [-0.4, -0.2) is 57.2 Å². The average molecular weight is 472 g/mol. The van der Waals surface area contributed by atoms with Crippen LogP contribution in [-0.2, 0) is 21.3 Å². The van der Waals surface area contributed by atoms with Crippen molar-refractivity contribution < 1.29 is 24.1 Å². The number of anilines is 1. The van der Waals surface area contributed by atoms with Crippen LogP contribution in [0.15, 0.2) is 36.4 Å². The van der Waals surface area contributed by atoms with Gasteiger partial charge in [-0.05, 0) is 67.1 Å². The predicted molar refractivity (Wildman–Crippen MR) is 126 cm³/mol. The van der Waals surface area contributed by atoms with E-state index in [9.17, 15) is 9.90 Å². The van der Waals surface area contributed by atoms with Gasteiger partial charge in [0, 0.05) is 36.1 Å². The molecule has 2 aromatic carbocycles. The molecule has 7 heteroatoms. The molecule has 0 unspecified atom stereocenters. The Hall–Kier alpha value is -2.28. The maximum atomic E-state index is 12.3. The molecule has 5 rings (SSSR count). The van der Waals surface area contributed by atoms with Crippen molar-refractivity contribution in [2.24, 2.45) is 5.92 Å². The number of aliphatic hydroxyl groups excluding tert-OH is 1. The zero-order valence-corrected chi connectivity index (χ0v) is 19.6. The Morgan fingerprint density at radius 1 is 1.30 bits per heavy atom. The highest BCUT2D eigenvalue weighted by atomic mass is 35.5. The molecule has 1 spiro atoms. The second-order valence-corrected chi connectivity index (χ2v) is 9.86. The van der Waals surface area contributed by atoms with Crippen LogP contribution in [0.25, 0.3) is 0 Å². The molecule has 0 bridgehead atoms. The summed E-state index contributed by atoms with van der Waals surface area (Å²) in [5.74, 6) is 0.597. The molecule has 0 amide bonds. The van der Waals surface area contributed by atoms with Crippen LogP contribution in [0.5, 0.6) is 5.75 Å². The molecular formula is C26H30ClNO5. The summed E-state index contributed by atoms with van der Waals surface area (Å²) in [6.07, 6.45) is 3.82. The molecule has 1 N–H and O–H groups in total. The second kappa shape index (κ2) is 9.16. The van der Waals surface area contributed by atoms with E-state index in [1.807, 2.05) is 18.2 Å². The zero-order valence-electron chi connectivity index (χ0n) is 18.9. The van der Waals surface area contributed by atoms with Crippen LogP contribution in [0.1, 0.15) is 40.7 Å². The van der Waals surface area contributed by atoms with E-state index >= 15 is 0 Å². The largest absolute Gasteiger partial charge is 0.490 e. The molecule has 33 heavy (non-hydrogen) atoms. The van der Waals surface area contributed by atoms with Crippen LogP contribution in [0.2, 0.25) is 5.02 Å². The number of hydrogen-bond donors (Lipinski definition) is 1. The minimum atomic E-state index is -0.369. The van der Waals surface area contributed by atoms with Crippen molar-refractivity contribution in [2.45, 2.75) is 37.2 Å². The Morgan fingerprint density at radius 2 is 2.18 bits per heavy atom. The van der Waals surface area contributed by atoms with Crippen molar-refractivity contribution in [2.75, 3.05) is 44.9 Å². The highest BCUT2D eigenvalue weighted by Gasteiger charge is 2.43. The van der Waals surface area contributed by atoms with Gasteiger partial charge in [0.05, 0.1) is 37.7 Å². The van der Waals surface area contributed by atoms with Gasteiger partial charge >= 0.3 is 5.97 Å². The number of fused-ring (bicyclic) bond motifs is 3. The molecule has 0 saturated carbocycles. The third-order valence-electron chi connectivity index (χ3n) is 7.44. The molecular weight excluding hydrogens is 442 g/mol.